The zero-order valence-corrected chi connectivity index (χ0v) is 11.1. The van der Waals surface area contributed by atoms with E-state index in [4.69, 9.17) is 5.73 Å². The van der Waals surface area contributed by atoms with E-state index in [0.717, 1.165) is 0 Å². The molecule has 0 radical (unpaired) electrons. The number of carbonyl (C=O) groups excluding carboxylic acids is 1. The summed E-state index contributed by atoms with van der Waals surface area (Å²) in [4.78, 5) is 11.5. The molecule has 0 fully saturated rings. The number of hydrogen-bond acceptors (Lipinski definition) is 3. The standard InChI is InChI=1S/C13H16F4N2O2/c14-12(15)13(16,17)8-21-7-3-6-11(20)19-10-5-2-1-4-9(10)18/h1-2,4-5,12H,3,6-8,18H2,(H,19,20). The third-order valence-electron chi connectivity index (χ3n) is 2.54. The summed E-state index contributed by atoms with van der Waals surface area (Å²) in [6, 6.07) is 6.64. The zero-order chi connectivity index (χ0) is 15.9. The molecule has 1 rings (SSSR count). The number of alkyl halides is 4. The number of ether oxygens (including phenoxy) is 1. The molecule has 3 N–H and O–H groups in total. The molecule has 0 unspecified atom stereocenters. The summed E-state index contributed by atoms with van der Waals surface area (Å²) in [6.45, 7) is -1.57. The molecule has 0 aliphatic carbocycles. The second-order valence-corrected chi connectivity index (χ2v) is 4.35. The smallest absolute Gasteiger partial charge is 0.330 e. The summed E-state index contributed by atoms with van der Waals surface area (Å²) in [5.41, 5.74) is 6.48. The first kappa shape index (κ1) is 17.2. The van der Waals surface area contributed by atoms with E-state index in [0.29, 0.717) is 11.4 Å². The van der Waals surface area contributed by atoms with Crippen LogP contribution in [-0.4, -0.2) is 31.5 Å². The minimum Gasteiger partial charge on any atom is -0.397 e. The lowest BCUT2D eigenvalue weighted by Gasteiger charge is -2.15. The number of anilines is 2. The number of hydrogen-bond donors (Lipinski definition) is 2. The first-order valence-electron chi connectivity index (χ1n) is 6.21. The minimum atomic E-state index is -4.17. The summed E-state index contributed by atoms with van der Waals surface area (Å²) in [5, 5.41) is 2.55. The number of nitrogens with one attached hydrogen (secondary N) is 1. The van der Waals surface area contributed by atoms with Gasteiger partial charge in [-0.3, -0.25) is 4.79 Å². The number of carbonyl (C=O) groups is 1. The van der Waals surface area contributed by atoms with E-state index in [9.17, 15) is 22.4 Å². The number of nitrogen functional groups attached to an aromatic ring is 1. The number of amides is 1. The number of halogens is 4. The predicted octanol–water partition coefficient (Wildman–Crippen LogP) is 2.90. The van der Waals surface area contributed by atoms with E-state index in [2.05, 4.69) is 10.1 Å². The van der Waals surface area contributed by atoms with Gasteiger partial charge in [0.25, 0.3) is 0 Å². The minimum absolute atomic E-state index is 0.00852. The van der Waals surface area contributed by atoms with Crippen LogP contribution in [0.1, 0.15) is 12.8 Å². The molecule has 1 amide bonds. The molecule has 21 heavy (non-hydrogen) atoms. The Hall–Kier alpha value is -1.83. The number of rotatable bonds is 8. The molecule has 0 aliphatic rings. The van der Waals surface area contributed by atoms with Gasteiger partial charge < -0.3 is 15.8 Å². The number of benzene rings is 1. The van der Waals surface area contributed by atoms with Crippen LogP contribution in [0.25, 0.3) is 0 Å². The average Bonchev–Trinajstić information content (AvgIpc) is 2.40. The van der Waals surface area contributed by atoms with Gasteiger partial charge in [-0.05, 0) is 18.6 Å². The highest BCUT2D eigenvalue weighted by atomic mass is 19.3. The lowest BCUT2D eigenvalue weighted by Crippen LogP contribution is -2.32. The molecule has 0 saturated heterocycles. The Balaban J connectivity index is 2.22. The summed E-state index contributed by atoms with van der Waals surface area (Å²) in [6.07, 6.45) is -3.62. The van der Waals surface area contributed by atoms with Gasteiger partial charge in [0.05, 0.1) is 11.4 Å². The van der Waals surface area contributed by atoms with Crippen LogP contribution in [0.3, 0.4) is 0 Å². The van der Waals surface area contributed by atoms with Crippen LogP contribution in [0, 0.1) is 0 Å². The van der Waals surface area contributed by atoms with Gasteiger partial charge in [-0.15, -0.1) is 0 Å². The predicted molar refractivity (Wildman–Crippen MR) is 70.5 cm³/mol. The fourth-order valence-electron chi connectivity index (χ4n) is 1.43. The van der Waals surface area contributed by atoms with Gasteiger partial charge in [0.2, 0.25) is 5.91 Å². The fraction of sp³-hybridized carbons (Fsp3) is 0.462. The molecule has 1 aromatic carbocycles. The molecular weight excluding hydrogens is 292 g/mol. The molecule has 0 spiro atoms. The Morgan fingerprint density at radius 1 is 1.33 bits per heavy atom. The molecule has 8 heteroatoms. The number of para-hydroxylation sites is 2. The van der Waals surface area contributed by atoms with Crippen LogP contribution >= 0.6 is 0 Å². The average molecular weight is 308 g/mol. The summed E-state index contributed by atoms with van der Waals surface area (Å²) in [7, 11) is 0. The van der Waals surface area contributed by atoms with E-state index in [1.165, 1.54) is 0 Å². The van der Waals surface area contributed by atoms with Crippen LogP contribution in [-0.2, 0) is 9.53 Å². The highest BCUT2D eigenvalue weighted by Gasteiger charge is 2.40. The topological polar surface area (TPSA) is 64.3 Å². The third-order valence-corrected chi connectivity index (χ3v) is 2.54. The lowest BCUT2D eigenvalue weighted by molar-refractivity contribution is -0.166. The molecule has 0 aliphatic heterocycles. The summed E-state index contributed by atoms with van der Waals surface area (Å²) >= 11 is 0. The quantitative estimate of drug-likeness (QED) is 0.441. The van der Waals surface area contributed by atoms with Crippen molar-refractivity contribution in [1.82, 2.24) is 0 Å². The third kappa shape index (κ3) is 5.99. The SMILES string of the molecule is Nc1ccccc1NC(=O)CCCOCC(F)(F)C(F)F. The van der Waals surface area contributed by atoms with Gasteiger partial charge in [0.15, 0.2) is 0 Å². The first-order valence-corrected chi connectivity index (χ1v) is 6.21. The molecule has 0 saturated carbocycles. The Morgan fingerprint density at radius 3 is 2.62 bits per heavy atom. The number of nitrogens with two attached hydrogens (primary N) is 1. The Bertz CT molecular complexity index is 469. The van der Waals surface area contributed by atoms with Gasteiger partial charge in [0.1, 0.15) is 6.61 Å². The monoisotopic (exact) mass is 308 g/mol. The van der Waals surface area contributed by atoms with Crippen molar-refractivity contribution in [1.29, 1.82) is 0 Å². The molecule has 118 valence electrons. The van der Waals surface area contributed by atoms with Crippen molar-refractivity contribution < 1.29 is 27.1 Å². The highest BCUT2D eigenvalue weighted by Crippen LogP contribution is 2.23. The molecule has 4 nitrogen and oxygen atoms in total. The van der Waals surface area contributed by atoms with Gasteiger partial charge in [-0.25, -0.2) is 8.78 Å². The van der Waals surface area contributed by atoms with E-state index in [1.807, 2.05) is 0 Å². The van der Waals surface area contributed by atoms with Crippen LogP contribution < -0.4 is 11.1 Å². The molecule has 0 atom stereocenters. The highest BCUT2D eigenvalue weighted by molar-refractivity contribution is 5.93. The van der Waals surface area contributed by atoms with Crippen LogP contribution in [0.15, 0.2) is 24.3 Å². The maximum atomic E-state index is 12.5. The second kappa shape index (κ2) is 7.82. The van der Waals surface area contributed by atoms with Crippen molar-refractivity contribution in [3.63, 3.8) is 0 Å². The normalized spacial score (nSPS) is 11.7. The fourth-order valence-corrected chi connectivity index (χ4v) is 1.43. The summed E-state index contributed by atoms with van der Waals surface area (Å²) in [5.74, 6) is -4.53. The molecule has 0 bridgehead atoms. The van der Waals surface area contributed by atoms with Gasteiger partial charge >= 0.3 is 12.3 Å². The van der Waals surface area contributed by atoms with E-state index < -0.39 is 19.0 Å². The summed E-state index contributed by atoms with van der Waals surface area (Å²) < 4.78 is 53.1. The van der Waals surface area contributed by atoms with Crippen molar-refractivity contribution >= 4 is 17.3 Å². The Labute approximate surface area is 119 Å². The van der Waals surface area contributed by atoms with Crippen molar-refractivity contribution in [3.05, 3.63) is 24.3 Å². The van der Waals surface area contributed by atoms with Crippen molar-refractivity contribution in [2.45, 2.75) is 25.2 Å². The first-order chi connectivity index (χ1) is 9.83. The van der Waals surface area contributed by atoms with E-state index in [1.54, 1.807) is 24.3 Å². The molecule has 0 aromatic heterocycles. The largest absolute Gasteiger partial charge is 0.397 e. The van der Waals surface area contributed by atoms with Crippen LogP contribution in [0.5, 0.6) is 0 Å². The van der Waals surface area contributed by atoms with Crippen molar-refractivity contribution in [2.24, 2.45) is 0 Å². The maximum absolute atomic E-state index is 12.5. The van der Waals surface area contributed by atoms with Crippen molar-refractivity contribution in [3.8, 4) is 0 Å². The van der Waals surface area contributed by atoms with E-state index in [-0.39, 0.29) is 25.4 Å². The maximum Gasteiger partial charge on any atom is 0.330 e. The second-order valence-electron chi connectivity index (χ2n) is 4.35. The van der Waals surface area contributed by atoms with E-state index >= 15 is 0 Å². The molecular formula is C13H16F4N2O2. The lowest BCUT2D eigenvalue weighted by atomic mass is 10.2. The van der Waals surface area contributed by atoms with Gasteiger partial charge in [-0.2, -0.15) is 8.78 Å². The van der Waals surface area contributed by atoms with Crippen molar-refractivity contribution in [2.75, 3.05) is 24.3 Å². The molecule has 1 aromatic rings. The Morgan fingerprint density at radius 2 is 2.00 bits per heavy atom. The van der Waals surface area contributed by atoms with Gasteiger partial charge in [0, 0.05) is 13.0 Å². The Kier molecular flexibility index (Phi) is 6.41. The van der Waals surface area contributed by atoms with Gasteiger partial charge in [-0.1, -0.05) is 12.1 Å². The molecule has 0 heterocycles. The van der Waals surface area contributed by atoms with Crippen LogP contribution in [0.2, 0.25) is 0 Å². The van der Waals surface area contributed by atoms with Crippen LogP contribution in [0.4, 0.5) is 28.9 Å². The zero-order valence-electron chi connectivity index (χ0n) is 11.1.